The highest BCUT2D eigenvalue weighted by Crippen LogP contribution is 2.25. The lowest BCUT2D eigenvalue weighted by molar-refractivity contribution is -0.122. The zero-order valence-electron chi connectivity index (χ0n) is 13.5. The highest BCUT2D eigenvalue weighted by Gasteiger charge is 2.13. The summed E-state index contributed by atoms with van der Waals surface area (Å²) in [5.41, 5.74) is 1.84. The molecule has 0 bridgehead atoms. The Balaban J connectivity index is 1.87. The van der Waals surface area contributed by atoms with Gasteiger partial charge in [-0.15, -0.1) is 0 Å². The minimum absolute atomic E-state index is 0.0989. The van der Waals surface area contributed by atoms with E-state index < -0.39 is 0 Å². The van der Waals surface area contributed by atoms with Gasteiger partial charge in [0, 0.05) is 6.54 Å². The first kappa shape index (κ1) is 18.7. The fourth-order valence-corrected chi connectivity index (χ4v) is 2.66. The Morgan fingerprint density at radius 3 is 2.46 bits per heavy atom. The molecule has 2 rings (SSSR count). The van der Waals surface area contributed by atoms with Gasteiger partial charge in [0.15, 0.2) is 0 Å². The van der Waals surface area contributed by atoms with E-state index in [1.165, 1.54) is 12.1 Å². The zero-order valence-corrected chi connectivity index (χ0v) is 15.0. The zero-order chi connectivity index (χ0) is 17.7. The molecule has 128 valence electrons. The normalized spacial score (nSPS) is 12.2. The van der Waals surface area contributed by atoms with Crippen LogP contribution in [-0.4, -0.2) is 24.4 Å². The quantitative estimate of drug-likeness (QED) is 0.817. The lowest BCUT2D eigenvalue weighted by atomic mass is 10.1. The van der Waals surface area contributed by atoms with Gasteiger partial charge in [-0.1, -0.05) is 41.4 Å². The summed E-state index contributed by atoms with van der Waals surface area (Å²) in [4.78, 5) is 14.0. The third kappa shape index (κ3) is 5.48. The van der Waals surface area contributed by atoms with Gasteiger partial charge in [0.05, 0.1) is 22.6 Å². The Labute approximate surface area is 151 Å². The average molecular weight is 369 g/mol. The van der Waals surface area contributed by atoms with Crippen LogP contribution in [0.4, 0.5) is 4.39 Å². The Bertz CT molecular complexity index is 707. The molecule has 2 aromatic rings. The maximum absolute atomic E-state index is 12.9. The first-order valence-corrected chi connectivity index (χ1v) is 8.28. The molecule has 1 atom stereocenters. The molecule has 3 nitrogen and oxygen atoms in total. The molecule has 1 amide bonds. The number of carbonyl (C=O) groups is 1. The van der Waals surface area contributed by atoms with Gasteiger partial charge in [0.25, 0.3) is 0 Å². The highest BCUT2D eigenvalue weighted by molar-refractivity contribution is 6.42. The lowest BCUT2D eigenvalue weighted by Gasteiger charge is -2.19. The molecular weight excluding hydrogens is 350 g/mol. The van der Waals surface area contributed by atoms with E-state index in [4.69, 9.17) is 23.2 Å². The van der Waals surface area contributed by atoms with Crippen molar-refractivity contribution in [2.45, 2.75) is 19.5 Å². The van der Waals surface area contributed by atoms with Crippen LogP contribution >= 0.6 is 23.2 Å². The van der Waals surface area contributed by atoms with E-state index in [9.17, 15) is 9.18 Å². The molecule has 0 unspecified atom stereocenters. The molecule has 2 aromatic carbocycles. The molecular formula is C18H19Cl2FN2O. The predicted octanol–water partition coefficient (Wildman–Crippen LogP) is 4.44. The van der Waals surface area contributed by atoms with Crippen LogP contribution in [-0.2, 0) is 11.3 Å². The number of carbonyl (C=O) groups excluding carboxylic acids is 1. The molecule has 0 heterocycles. The average Bonchev–Trinajstić information content (AvgIpc) is 2.52. The maximum Gasteiger partial charge on any atom is 0.234 e. The van der Waals surface area contributed by atoms with Crippen LogP contribution in [0.15, 0.2) is 42.5 Å². The van der Waals surface area contributed by atoms with Crippen molar-refractivity contribution in [1.82, 2.24) is 10.2 Å². The standard InChI is InChI=1S/C18H19Cl2FN2O/c1-12(14-5-8-16(19)17(20)9-14)22-18(24)11-23(2)10-13-3-6-15(21)7-4-13/h3-9,12H,10-11H2,1-2H3,(H,22,24)/t12-/m0/s1. The third-order valence-corrected chi connectivity index (χ3v) is 4.34. The number of rotatable bonds is 6. The Morgan fingerprint density at radius 2 is 1.83 bits per heavy atom. The Hall–Kier alpha value is -1.62. The van der Waals surface area contributed by atoms with E-state index in [-0.39, 0.29) is 24.3 Å². The molecule has 0 fully saturated rings. The summed E-state index contributed by atoms with van der Waals surface area (Å²) in [7, 11) is 1.84. The van der Waals surface area contributed by atoms with Crippen molar-refractivity contribution < 1.29 is 9.18 Å². The monoisotopic (exact) mass is 368 g/mol. The van der Waals surface area contributed by atoms with Gasteiger partial charge in [0.1, 0.15) is 5.82 Å². The van der Waals surface area contributed by atoms with Gasteiger partial charge in [0.2, 0.25) is 5.91 Å². The van der Waals surface area contributed by atoms with Crippen molar-refractivity contribution in [2.75, 3.05) is 13.6 Å². The number of hydrogen-bond donors (Lipinski definition) is 1. The second-order valence-electron chi connectivity index (χ2n) is 5.76. The highest BCUT2D eigenvalue weighted by atomic mass is 35.5. The molecule has 0 aliphatic rings. The molecule has 0 spiro atoms. The van der Waals surface area contributed by atoms with Crippen molar-refractivity contribution in [3.05, 3.63) is 69.5 Å². The summed E-state index contributed by atoms with van der Waals surface area (Å²) >= 11 is 11.9. The topological polar surface area (TPSA) is 32.3 Å². The van der Waals surface area contributed by atoms with Crippen LogP contribution in [0.3, 0.4) is 0 Å². The van der Waals surface area contributed by atoms with E-state index in [2.05, 4.69) is 5.32 Å². The van der Waals surface area contributed by atoms with Gasteiger partial charge >= 0.3 is 0 Å². The Morgan fingerprint density at radius 1 is 1.17 bits per heavy atom. The second-order valence-corrected chi connectivity index (χ2v) is 6.58. The van der Waals surface area contributed by atoms with E-state index in [1.54, 1.807) is 24.3 Å². The largest absolute Gasteiger partial charge is 0.348 e. The van der Waals surface area contributed by atoms with Gasteiger partial charge in [-0.3, -0.25) is 9.69 Å². The van der Waals surface area contributed by atoms with Crippen LogP contribution in [0, 0.1) is 5.82 Å². The van der Waals surface area contributed by atoms with Crippen LogP contribution in [0.2, 0.25) is 10.0 Å². The number of hydrogen-bond acceptors (Lipinski definition) is 2. The van der Waals surface area contributed by atoms with Gasteiger partial charge in [-0.05, 0) is 49.4 Å². The summed E-state index contributed by atoms with van der Waals surface area (Å²) in [6.45, 7) is 2.69. The van der Waals surface area contributed by atoms with Crippen molar-refractivity contribution >= 4 is 29.1 Å². The van der Waals surface area contributed by atoms with Gasteiger partial charge in [-0.2, -0.15) is 0 Å². The molecule has 0 saturated carbocycles. The van der Waals surface area contributed by atoms with Crippen LogP contribution < -0.4 is 5.32 Å². The summed E-state index contributed by atoms with van der Waals surface area (Å²) in [6.07, 6.45) is 0. The molecule has 0 radical (unpaired) electrons. The predicted molar refractivity (Wildman–Crippen MR) is 95.8 cm³/mol. The maximum atomic E-state index is 12.9. The smallest absolute Gasteiger partial charge is 0.234 e. The SMILES string of the molecule is C[C@H](NC(=O)CN(C)Cc1ccc(F)cc1)c1ccc(Cl)c(Cl)c1. The fraction of sp³-hybridized carbons (Fsp3) is 0.278. The second kappa shape index (κ2) is 8.47. The van der Waals surface area contributed by atoms with Crippen molar-refractivity contribution in [3.63, 3.8) is 0 Å². The van der Waals surface area contributed by atoms with Gasteiger partial charge in [-0.25, -0.2) is 4.39 Å². The summed E-state index contributed by atoms with van der Waals surface area (Å²) < 4.78 is 12.9. The van der Waals surface area contributed by atoms with E-state index in [0.717, 1.165) is 11.1 Å². The molecule has 6 heteroatoms. The van der Waals surface area contributed by atoms with E-state index >= 15 is 0 Å². The minimum Gasteiger partial charge on any atom is -0.348 e. The molecule has 0 aliphatic heterocycles. The van der Waals surface area contributed by atoms with Crippen LogP contribution in [0.25, 0.3) is 0 Å². The minimum atomic E-state index is -0.269. The molecule has 0 aromatic heterocycles. The molecule has 24 heavy (non-hydrogen) atoms. The number of likely N-dealkylation sites (N-methyl/N-ethyl adjacent to an activating group) is 1. The van der Waals surface area contributed by atoms with Crippen LogP contribution in [0.5, 0.6) is 0 Å². The number of nitrogens with zero attached hydrogens (tertiary/aromatic N) is 1. The third-order valence-electron chi connectivity index (χ3n) is 3.60. The molecule has 0 aliphatic carbocycles. The number of benzene rings is 2. The number of halogens is 3. The first-order chi connectivity index (χ1) is 11.3. The van der Waals surface area contributed by atoms with Crippen molar-refractivity contribution in [1.29, 1.82) is 0 Å². The molecule has 1 N–H and O–H groups in total. The lowest BCUT2D eigenvalue weighted by Crippen LogP contribution is -2.36. The van der Waals surface area contributed by atoms with E-state index in [0.29, 0.717) is 16.6 Å². The summed E-state index contributed by atoms with van der Waals surface area (Å²) in [5, 5.41) is 3.87. The van der Waals surface area contributed by atoms with Crippen molar-refractivity contribution in [2.24, 2.45) is 0 Å². The Kier molecular flexibility index (Phi) is 6.60. The first-order valence-electron chi connectivity index (χ1n) is 7.52. The van der Waals surface area contributed by atoms with Crippen molar-refractivity contribution in [3.8, 4) is 0 Å². The summed E-state index contributed by atoms with van der Waals surface area (Å²) in [5.74, 6) is -0.368. The number of nitrogens with one attached hydrogen (secondary N) is 1. The number of amides is 1. The van der Waals surface area contributed by atoms with Crippen LogP contribution in [0.1, 0.15) is 24.1 Å². The fourth-order valence-electron chi connectivity index (χ4n) is 2.35. The van der Waals surface area contributed by atoms with Gasteiger partial charge < -0.3 is 5.32 Å². The summed E-state index contributed by atoms with van der Waals surface area (Å²) in [6, 6.07) is 11.4. The van der Waals surface area contributed by atoms with E-state index in [1.807, 2.05) is 24.9 Å². The molecule has 0 saturated heterocycles.